The number of nitrogens with zero attached hydrogens (tertiary/aromatic N) is 2. The van der Waals surface area contributed by atoms with E-state index in [-0.39, 0.29) is 0 Å². The van der Waals surface area contributed by atoms with Crippen LogP contribution in [0.1, 0.15) is 0 Å². The molecule has 9 heteroatoms. The van der Waals surface area contributed by atoms with Crippen molar-refractivity contribution in [3.8, 4) is 0 Å². The lowest BCUT2D eigenvalue weighted by molar-refractivity contribution is -0.0922. The first-order chi connectivity index (χ1) is 7.68. The highest BCUT2D eigenvalue weighted by Gasteiger charge is 2.33. The second kappa shape index (κ2) is 5.68. The highest BCUT2D eigenvalue weighted by atomic mass is 19.4. The number of carbonyl (C=O) groups is 1. The Kier molecular flexibility index (Phi) is 4.90. The van der Waals surface area contributed by atoms with Crippen LogP contribution in [-0.4, -0.2) is 29.6 Å². The van der Waals surface area contributed by atoms with Crippen LogP contribution in [0.4, 0.5) is 18.0 Å². The molecular formula is C8H9F3N4O2. The maximum atomic E-state index is 12.3. The minimum Gasteiger partial charge on any atom is -0.463 e. The van der Waals surface area contributed by atoms with Crippen LogP contribution in [0, 0.1) is 0 Å². The van der Waals surface area contributed by atoms with Gasteiger partial charge in [0.25, 0.3) is 0 Å². The first-order valence-corrected chi connectivity index (χ1v) is 3.98. The molecule has 0 aromatic rings. The molecule has 0 spiro atoms. The van der Waals surface area contributed by atoms with Gasteiger partial charge in [0.2, 0.25) is 0 Å². The summed E-state index contributed by atoms with van der Waals surface area (Å²) < 4.78 is 37.0. The summed E-state index contributed by atoms with van der Waals surface area (Å²) in [6.45, 7) is 3.13. The molecule has 0 fully saturated rings. The van der Waals surface area contributed by atoms with Gasteiger partial charge in [-0.3, -0.25) is 0 Å². The zero-order chi connectivity index (χ0) is 13.6. The van der Waals surface area contributed by atoms with Crippen molar-refractivity contribution in [1.82, 2.24) is 0 Å². The molecule has 0 aliphatic carbocycles. The lowest BCUT2D eigenvalue weighted by Crippen LogP contribution is -2.17. The topological polar surface area (TPSA) is 114 Å². The van der Waals surface area contributed by atoms with Gasteiger partial charge in [-0.2, -0.15) is 18.2 Å². The Morgan fingerprint density at radius 2 is 1.94 bits per heavy atom. The van der Waals surface area contributed by atoms with Crippen LogP contribution in [0.5, 0.6) is 0 Å². The lowest BCUT2D eigenvalue weighted by atomic mass is 10.2. The molecule has 0 saturated heterocycles. The fourth-order valence-electron chi connectivity index (χ4n) is 0.686. The van der Waals surface area contributed by atoms with Crippen molar-refractivity contribution < 1.29 is 23.1 Å². The van der Waals surface area contributed by atoms with Gasteiger partial charge in [0.15, 0.2) is 0 Å². The predicted molar refractivity (Wildman–Crippen MR) is 55.6 cm³/mol. The summed E-state index contributed by atoms with van der Waals surface area (Å²) in [5.41, 5.74) is 8.01. The number of halogens is 3. The van der Waals surface area contributed by atoms with Crippen molar-refractivity contribution in [2.45, 2.75) is 6.18 Å². The van der Waals surface area contributed by atoms with Gasteiger partial charge in [-0.25, -0.2) is 9.79 Å². The number of amidine groups is 1. The average Bonchev–Trinajstić information content (AvgIpc) is 2.14. The molecule has 0 aromatic carbocycles. The molecule has 94 valence electrons. The molecule has 0 aliphatic rings. The predicted octanol–water partition coefficient (Wildman–Crippen LogP) is 1.01. The summed E-state index contributed by atoms with van der Waals surface area (Å²) in [6, 6.07) is 0. The largest absolute Gasteiger partial charge is 0.463 e. The number of hydrogen-bond acceptors (Lipinski definition) is 2. The van der Waals surface area contributed by atoms with E-state index in [9.17, 15) is 18.0 Å². The van der Waals surface area contributed by atoms with Crippen LogP contribution in [0.15, 0.2) is 33.9 Å². The van der Waals surface area contributed by atoms with Gasteiger partial charge >= 0.3 is 12.3 Å². The molecule has 0 atom stereocenters. The molecule has 6 nitrogen and oxygen atoms in total. The zero-order valence-electron chi connectivity index (χ0n) is 8.40. The Hall–Kier alpha value is -2.32. The second-order valence-corrected chi connectivity index (χ2v) is 2.61. The van der Waals surface area contributed by atoms with Gasteiger partial charge < -0.3 is 16.6 Å². The van der Waals surface area contributed by atoms with Gasteiger partial charge in [-0.05, 0) is 6.08 Å². The summed E-state index contributed by atoms with van der Waals surface area (Å²) in [7, 11) is 0. The molecule has 0 saturated carbocycles. The van der Waals surface area contributed by atoms with E-state index in [4.69, 9.17) is 16.6 Å². The van der Waals surface area contributed by atoms with E-state index in [2.05, 4.69) is 16.6 Å². The summed E-state index contributed by atoms with van der Waals surface area (Å²) in [4.78, 5) is 15.8. The third-order valence-corrected chi connectivity index (χ3v) is 1.36. The summed E-state index contributed by atoms with van der Waals surface area (Å²) in [5, 5.41) is 8.23. The van der Waals surface area contributed by atoms with Crippen molar-refractivity contribution in [2.24, 2.45) is 21.5 Å². The monoisotopic (exact) mass is 250 g/mol. The quantitative estimate of drug-likeness (QED) is 0.394. The van der Waals surface area contributed by atoms with E-state index >= 15 is 0 Å². The number of carboxylic acid groups (broad SMARTS) is 1. The number of rotatable bonds is 3. The normalized spacial score (nSPS) is 14.1. The number of nitrogens with two attached hydrogens (primary N) is 2. The highest BCUT2D eigenvalue weighted by molar-refractivity contribution is 6.03. The Morgan fingerprint density at radius 1 is 1.41 bits per heavy atom. The molecule has 0 unspecified atom stereocenters. The fraction of sp³-hybridized carbons (Fsp3) is 0.125. The van der Waals surface area contributed by atoms with Crippen LogP contribution in [0.25, 0.3) is 0 Å². The Balaban J connectivity index is 5.23. The van der Waals surface area contributed by atoms with Crippen molar-refractivity contribution in [3.63, 3.8) is 0 Å². The van der Waals surface area contributed by atoms with Gasteiger partial charge in [0.1, 0.15) is 11.5 Å². The van der Waals surface area contributed by atoms with Gasteiger partial charge in [-0.1, -0.05) is 6.58 Å². The highest BCUT2D eigenvalue weighted by Crippen LogP contribution is 2.27. The third-order valence-electron chi connectivity index (χ3n) is 1.36. The first kappa shape index (κ1) is 14.7. The second-order valence-electron chi connectivity index (χ2n) is 2.61. The first-order valence-electron chi connectivity index (χ1n) is 3.98. The number of allylic oxidation sites excluding steroid dienone is 1. The van der Waals surface area contributed by atoms with Gasteiger partial charge in [0.05, 0.1) is 6.34 Å². The van der Waals surface area contributed by atoms with E-state index in [0.29, 0.717) is 12.4 Å². The molecule has 1 amide bonds. The summed E-state index contributed by atoms with van der Waals surface area (Å²) in [5.74, 6) is -0.661. The Labute approximate surface area is 93.8 Å². The maximum Gasteiger partial charge on any atom is 0.433 e. The van der Waals surface area contributed by atoms with E-state index in [1.165, 1.54) is 0 Å². The summed E-state index contributed by atoms with van der Waals surface area (Å²) >= 11 is 0. The number of aliphatic imine (C=N–C) groups is 2. The Bertz CT molecular complexity index is 409. The number of amides is 1. The number of hydrogen-bond donors (Lipinski definition) is 3. The van der Waals surface area contributed by atoms with Crippen LogP contribution in [0.3, 0.4) is 0 Å². The van der Waals surface area contributed by atoms with Crippen molar-refractivity contribution in [3.05, 3.63) is 23.9 Å². The van der Waals surface area contributed by atoms with Crippen LogP contribution >= 0.6 is 0 Å². The van der Waals surface area contributed by atoms with E-state index < -0.39 is 29.4 Å². The fourth-order valence-corrected chi connectivity index (χ4v) is 0.686. The molecule has 0 aromatic heterocycles. The summed E-state index contributed by atoms with van der Waals surface area (Å²) in [6.07, 6.45) is -5.53. The molecule has 5 N–H and O–H groups in total. The minimum absolute atomic E-state index is 0.436. The zero-order valence-corrected chi connectivity index (χ0v) is 8.40. The lowest BCUT2D eigenvalue weighted by Gasteiger charge is -2.07. The van der Waals surface area contributed by atoms with Gasteiger partial charge in [0, 0.05) is 5.57 Å². The van der Waals surface area contributed by atoms with E-state index in [1.54, 1.807) is 0 Å². The smallest absolute Gasteiger partial charge is 0.433 e. The molecule has 17 heavy (non-hydrogen) atoms. The number of alkyl halides is 3. The van der Waals surface area contributed by atoms with Crippen LogP contribution in [-0.2, 0) is 0 Å². The molecule has 0 radical (unpaired) electrons. The van der Waals surface area contributed by atoms with Crippen molar-refractivity contribution >= 4 is 18.3 Å². The van der Waals surface area contributed by atoms with Crippen molar-refractivity contribution in [2.75, 3.05) is 0 Å². The van der Waals surface area contributed by atoms with Crippen molar-refractivity contribution in [1.29, 1.82) is 0 Å². The average molecular weight is 250 g/mol. The van der Waals surface area contributed by atoms with E-state index in [1.807, 2.05) is 0 Å². The Morgan fingerprint density at radius 3 is 2.29 bits per heavy atom. The molecule has 0 heterocycles. The third kappa shape index (κ3) is 5.35. The molecule has 0 aliphatic heterocycles. The minimum atomic E-state index is -4.76. The maximum absolute atomic E-state index is 12.3. The van der Waals surface area contributed by atoms with Gasteiger partial charge in [-0.15, -0.1) is 0 Å². The van der Waals surface area contributed by atoms with E-state index in [0.717, 1.165) is 0 Å². The molecule has 0 bridgehead atoms. The van der Waals surface area contributed by atoms with Crippen LogP contribution in [0.2, 0.25) is 0 Å². The molecule has 0 rings (SSSR count). The van der Waals surface area contributed by atoms with Crippen LogP contribution < -0.4 is 11.5 Å². The SMILES string of the molecule is C=C(/C=C(\N=CN)C(F)(F)F)/C(N)=N/C(=O)O. The molecular weight excluding hydrogens is 241 g/mol. The standard InChI is InChI=1S/C8H9F3N4O2/c1-4(6(13)15-7(16)17)2-5(14-3-12)8(9,10)11/h2-3H,1H2,(H2,12,14)(H2,13,15)(H,16,17)/b5-2-.